The smallest absolute Gasteiger partial charge is 0.258 e. The zero-order chi connectivity index (χ0) is 19.9. The van der Waals surface area contributed by atoms with Crippen molar-refractivity contribution in [1.82, 2.24) is 5.32 Å². The number of hydrogen-bond donors (Lipinski definition) is 1. The highest BCUT2D eigenvalue weighted by Crippen LogP contribution is 2.31. The molecule has 0 aliphatic heterocycles. The van der Waals surface area contributed by atoms with Gasteiger partial charge in [-0.2, -0.15) is 0 Å². The minimum Gasteiger partial charge on any atom is -0.493 e. The van der Waals surface area contributed by atoms with Crippen molar-refractivity contribution in [2.75, 3.05) is 26.9 Å². The van der Waals surface area contributed by atoms with E-state index in [1.807, 2.05) is 42.5 Å². The maximum absolute atomic E-state index is 12.0. The van der Waals surface area contributed by atoms with Gasteiger partial charge in [-0.05, 0) is 51.2 Å². The zero-order valence-electron chi connectivity index (χ0n) is 16.2. The molecule has 1 N–H and O–H groups in total. The summed E-state index contributed by atoms with van der Waals surface area (Å²) in [5.74, 6) is 1.75. The average molecular weight is 436 g/mol. The van der Waals surface area contributed by atoms with Gasteiger partial charge in [0.25, 0.3) is 5.91 Å². The number of carbonyl (C=O) groups is 1. The number of carbonyl (C=O) groups excluding carboxylic acids is 1. The highest BCUT2D eigenvalue weighted by molar-refractivity contribution is 9.10. The fraction of sp³-hybridized carbons (Fsp3) is 0.381. The summed E-state index contributed by atoms with van der Waals surface area (Å²) in [6.45, 7) is 7.12. The molecular weight excluding hydrogens is 410 g/mol. The molecule has 0 atom stereocenters. The summed E-state index contributed by atoms with van der Waals surface area (Å²) in [5, 5.41) is 2.77. The fourth-order valence-electron chi connectivity index (χ4n) is 2.37. The molecule has 0 aromatic heterocycles. The van der Waals surface area contributed by atoms with Gasteiger partial charge in [-0.15, -0.1) is 0 Å². The molecule has 0 unspecified atom stereocenters. The minimum atomic E-state index is -0.203. The van der Waals surface area contributed by atoms with Crippen LogP contribution in [0.5, 0.6) is 17.2 Å². The monoisotopic (exact) mass is 435 g/mol. The predicted octanol–water partition coefficient (Wildman–Crippen LogP) is 4.33. The van der Waals surface area contributed by atoms with Gasteiger partial charge in [-0.3, -0.25) is 4.79 Å². The molecule has 0 saturated carbocycles. The van der Waals surface area contributed by atoms with Crippen molar-refractivity contribution in [3.63, 3.8) is 0 Å². The Morgan fingerprint density at radius 1 is 1.04 bits per heavy atom. The third kappa shape index (κ3) is 6.47. The molecule has 5 nitrogen and oxygen atoms in total. The summed E-state index contributed by atoms with van der Waals surface area (Å²) in [5.41, 5.74) is 1.25. The van der Waals surface area contributed by atoms with E-state index in [-0.39, 0.29) is 17.9 Å². The third-order valence-corrected chi connectivity index (χ3v) is 4.53. The van der Waals surface area contributed by atoms with E-state index in [0.717, 1.165) is 4.47 Å². The summed E-state index contributed by atoms with van der Waals surface area (Å²) in [6, 6.07) is 13.3. The number of halogens is 1. The van der Waals surface area contributed by atoms with Crippen LogP contribution in [-0.4, -0.2) is 32.8 Å². The van der Waals surface area contributed by atoms with E-state index in [1.54, 1.807) is 7.11 Å². The van der Waals surface area contributed by atoms with E-state index in [9.17, 15) is 4.79 Å². The van der Waals surface area contributed by atoms with Gasteiger partial charge < -0.3 is 19.5 Å². The van der Waals surface area contributed by atoms with Gasteiger partial charge in [0.15, 0.2) is 18.1 Å². The number of amides is 1. The van der Waals surface area contributed by atoms with E-state index in [0.29, 0.717) is 30.4 Å². The summed E-state index contributed by atoms with van der Waals surface area (Å²) in [7, 11) is 1.59. The number of para-hydroxylation sites is 2. The van der Waals surface area contributed by atoms with Crippen LogP contribution in [0, 0.1) is 0 Å². The Morgan fingerprint density at radius 2 is 1.74 bits per heavy atom. The Kier molecular flexibility index (Phi) is 7.54. The van der Waals surface area contributed by atoms with Crippen molar-refractivity contribution in [2.24, 2.45) is 0 Å². The second-order valence-corrected chi connectivity index (χ2v) is 7.89. The normalized spacial score (nSPS) is 11.0. The van der Waals surface area contributed by atoms with Crippen molar-refractivity contribution in [3.8, 4) is 17.2 Å². The van der Waals surface area contributed by atoms with Gasteiger partial charge in [-0.25, -0.2) is 0 Å². The minimum absolute atomic E-state index is 0.0534. The predicted molar refractivity (Wildman–Crippen MR) is 110 cm³/mol. The first-order chi connectivity index (χ1) is 12.8. The first-order valence-corrected chi connectivity index (χ1v) is 9.56. The van der Waals surface area contributed by atoms with E-state index >= 15 is 0 Å². The van der Waals surface area contributed by atoms with E-state index in [2.05, 4.69) is 42.0 Å². The molecule has 0 fully saturated rings. The Hall–Kier alpha value is -2.21. The first-order valence-electron chi connectivity index (χ1n) is 8.76. The van der Waals surface area contributed by atoms with Crippen LogP contribution in [0.4, 0.5) is 0 Å². The SMILES string of the molecule is COc1ccccc1OCCNC(=O)COc1ccc(C(C)(C)C)cc1Br. The van der Waals surface area contributed by atoms with E-state index in [4.69, 9.17) is 14.2 Å². The number of nitrogens with one attached hydrogen (secondary N) is 1. The lowest BCUT2D eigenvalue weighted by Crippen LogP contribution is -2.32. The molecule has 1 amide bonds. The topological polar surface area (TPSA) is 56.8 Å². The standard InChI is InChI=1S/C21H26BrNO4/c1-21(2,3)15-9-10-17(16(22)13-15)27-14-20(24)23-11-12-26-19-8-6-5-7-18(19)25-4/h5-10,13H,11-12,14H2,1-4H3,(H,23,24). The lowest BCUT2D eigenvalue weighted by molar-refractivity contribution is -0.123. The molecule has 6 heteroatoms. The van der Waals surface area contributed by atoms with Gasteiger partial charge in [-0.1, -0.05) is 39.0 Å². The van der Waals surface area contributed by atoms with Crippen LogP contribution < -0.4 is 19.5 Å². The lowest BCUT2D eigenvalue weighted by atomic mass is 9.87. The molecule has 0 aliphatic carbocycles. The molecule has 0 spiro atoms. The van der Waals surface area contributed by atoms with Crippen molar-refractivity contribution in [2.45, 2.75) is 26.2 Å². The number of rotatable bonds is 8. The first kappa shape index (κ1) is 21.1. The molecule has 0 heterocycles. The molecule has 27 heavy (non-hydrogen) atoms. The number of ether oxygens (including phenoxy) is 3. The molecule has 2 rings (SSSR count). The van der Waals surface area contributed by atoms with Crippen LogP contribution >= 0.6 is 15.9 Å². The molecule has 0 saturated heterocycles. The van der Waals surface area contributed by atoms with Crippen molar-refractivity contribution in [3.05, 3.63) is 52.5 Å². The van der Waals surface area contributed by atoms with Crippen LogP contribution in [0.15, 0.2) is 46.9 Å². The van der Waals surface area contributed by atoms with Gasteiger partial charge in [0.1, 0.15) is 12.4 Å². The van der Waals surface area contributed by atoms with Crippen LogP contribution in [0.1, 0.15) is 26.3 Å². The average Bonchev–Trinajstić information content (AvgIpc) is 2.63. The lowest BCUT2D eigenvalue weighted by Gasteiger charge is -2.20. The fourth-order valence-corrected chi connectivity index (χ4v) is 2.86. The summed E-state index contributed by atoms with van der Waals surface area (Å²) >= 11 is 3.50. The summed E-state index contributed by atoms with van der Waals surface area (Å²) in [4.78, 5) is 12.0. The second kappa shape index (κ2) is 9.65. The highest BCUT2D eigenvalue weighted by atomic mass is 79.9. The largest absolute Gasteiger partial charge is 0.493 e. The zero-order valence-corrected chi connectivity index (χ0v) is 17.8. The van der Waals surface area contributed by atoms with Crippen LogP contribution in [0.2, 0.25) is 0 Å². The second-order valence-electron chi connectivity index (χ2n) is 7.03. The Balaban J connectivity index is 1.75. The van der Waals surface area contributed by atoms with E-state index < -0.39 is 0 Å². The molecule has 2 aromatic carbocycles. The van der Waals surface area contributed by atoms with E-state index in [1.165, 1.54) is 5.56 Å². The van der Waals surface area contributed by atoms with Crippen LogP contribution in [0.3, 0.4) is 0 Å². The number of benzene rings is 2. The van der Waals surface area contributed by atoms with Crippen molar-refractivity contribution >= 4 is 21.8 Å². The van der Waals surface area contributed by atoms with Gasteiger partial charge in [0.2, 0.25) is 0 Å². The molecule has 2 aromatic rings. The maximum atomic E-state index is 12.0. The molecule has 0 aliphatic rings. The van der Waals surface area contributed by atoms with Crippen LogP contribution in [0.25, 0.3) is 0 Å². The molecule has 146 valence electrons. The third-order valence-electron chi connectivity index (χ3n) is 3.91. The Labute approximate surface area is 169 Å². The Bertz CT molecular complexity index is 771. The van der Waals surface area contributed by atoms with Gasteiger partial charge in [0, 0.05) is 0 Å². The summed E-state index contributed by atoms with van der Waals surface area (Å²) < 4.78 is 17.3. The number of hydrogen-bond acceptors (Lipinski definition) is 4. The van der Waals surface area contributed by atoms with Gasteiger partial charge in [0.05, 0.1) is 18.1 Å². The maximum Gasteiger partial charge on any atom is 0.258 e. The summed E-state index contributed by atoms with van der Waals surface area (Å²) in [6.07, 6.45) is 0. The molecule has 0 bridgehead atoms. The Morgan fingerprint density at radius 3 is 2.37 bits per heavy atom. The van der Waals surface area contributed by atoms with Gasteiger partial charge >= 0.3 is 0 Å². The van der Waals surface area contributed by atoms with Crippen molar-refractivity contribution < 1.29 is 19.0 Å². The quantitative estimate of drug-likeness (QED) is 0.626. The number of methoxy groups -OCH3 is 1. The van der Waals surface area contributed by atoms with Crippen molar-refractivity contribution in [1.29, 1.82) is 0 Å². The van der Waals surface area contributed by atoms with Crippen LogP contribution in [-0.2, 0) is 10.2 Å². The molecule has 0 radical (unpaired) electrons. The highest BCUT2D eigenvalue weighted by Gasteiger charge is 2.15. The molecular formula is C21H26BrNO4.